The molecule has 5 rings (SSSR count). The Morgan fingerprint density at radius 3 is 2.30 bits per heavy atom. The molecule has 0 saturated carbocycles. The minimum absolute atomic E-state index is 0.0155. The van der Waals surface area contributed by atoms with E-state index in [4.69, 9.17) is 15.2 Å². The van der Waals surface area contributed by atoms with Gasteiger partial charge in [-0.1, -0.05) is 79.3 Å². The Hall–Kier alpha value is -3.07. The van der Waals surface area contributed by atoms with E-state index >= 15 is 0 Å². The maximum absolute atomic E-state index is 9.48. The van der Waals surface area contributed by atoms with Gasteiger partial charge in [-0.3, -0.25) is 0 Å². The summed E-state index contributed by atoms with van der Waals surface area (Å²) in [5, 5.41) is 10.2. The van der Waals surface area contributed by atoms with Gasteiger partial charge in [-0.05, 0) is 46.0 Å². The summed E-state index contributed by atoms with van der Waals surface area (Å²) in [5.41, 5.74) is 12.1. The predicted molar refractivity (Wildman–Crippen MR) is 145 cm³/mol. The molecule has 4 aromatic rings. The molecular weight excluding hydrogens is 482 g/mol. The van der Waals surface area contributed by atoms with Crippen LogP contribution in [-0.4, -0.2) is 26.9 Å². The molecular formula is C30H31N3O3S. The van der Waals surface area contributed by atoms with Crippen LogP contribution in [-0.2, 0) is 22.6 Å². The molecule has 190 valence electrons. The van der Waals surface area contributed by atoms with E-state index < -0.39 is 6.29 Å². The van der Waals surface area contributed by atoms with Crippen LogP contribution >= 0.6 is 11.8 Å². The Morgan fingerprint density at radius 2 is 1.57 bits per heavy atom. The lowest BCUT2D eigenvalue weighted by Crippen LogP contribution is -2.38. The SMILES string of the molecule is C[C@H]1[C@@H](CSc2ncccn2)O[C@@H](c2cccc(-c3cccc(CN)c3)c2)O[C@H]1c1ccc(CO)cc1. The quantitative estimate of drug-likeness (QED) is 0.231. The van der Waals surface area contributed by atoms with Crippen LogP contribution < -0.4 is 5.73 Å². The molecule has 1 aliphatic rings. The molecule has 3 N–H and O–H groups in total. The summed E-state index contributed by atoms with van der Waals surface area (Å²) in [6.45, 7) is 2.68. The molecule has 1 fully saturated rings. The van der Waals surface area contributed by atoms with Crippen molar-refractivity contribution in [2.24, 2.45) is 11.7 Å². The van der Waals surface area contributed by atoms with Crippen LogP contribution in [0.5, 0.6) is 0 Å². The number of aliphatic hydroxyl groups is 1. The molecule has 4 atom stereocenters. The number of rotatable bonds is 8. The first-order valence-electron chi connectivity index (χ1n) is 12.4. The number of hydrogen-bond donors (Lipinski definition) is 2. The summed E-state index contributed by atoms with van der Waals surface area (Å²) in [6, 6.07) is 26.4. The minimum atomic E-state index is -0.529. The number of thioether (sulfide) groups is 1. The minimum Gasteiger partial charge on any atom is -0.392 e. The second-order valence-electron chi connectivity index (χ2n) is 9.19. The van der Waals surface area contributed by atoms with Gasteiger partial charge in [0, 0.05) is 36.2 Å². The van der Waals surface area contributed by atoms with Crippen molar-refractivity contribution in [3.63, 3.8) is 0 Å². The molecule has 1 aliphatic heterocycles. The number of benzene rings is 3. The zero-order valence-corrected chi connectivity index (χ0v) is 21.6. The first-order valence-corrected chi connectivity index (χ1v) is 13.4. The topological polar surface area (TPSA) is 90.5 Å². The zero-order valence-electron chi connectivity index (χ0n) is 20.7. The first-order chi connectivity index (χ1) is 18.1. The molecule has 0 unspecified atom stereocenters. The summed E-state index contributed by atoms with van der Waals surface area (Å²) in [4.78, 5) is 8.71. The van der Waals surface area contributed by atoms with E-state index in [2.05, 4.69) is 41.2 Å². The number of aromatic nitrogens is 2. The van der Waals surface area contributed by atoms with Crippen LogP contribution in [0.2, 0.25) is 0 Å². The van der Waals surface area contributed by atoms with Gasteiger partial charge in [0.2, 0.25) is 0 Å². The van der Waals surface area contributed by atoms with Crippen LogP contribution in [0.3, 0.4) is 0 Å². The highest BCUT2D eigenvalue weighted by molar-refractivity contribution is 7.99. The summed E-state index contributed by atoms with van der Waals surface area (Å²) >= 11 is 1.59. The van der Waals surface area contributed by atoms with Crippen LogP contribution in [0.4, 0.5) is 0 Å². The van der Waals surface area contributed by atoms with Gasteiger partial charge in [-0.15, -0.1) is 0 Å². The van der Waals surface area contributed by atoms with Crippen LogP contribution in [0, 0.1) is 5.92 Å². The highest BCUT2D eigenvalue weighted by Crippen LogP contribution is 2.43. The van der Waals surface area contributed by atoms with Crippen molar-refractivity contribution in [1.82, 2.24) is 9.97 Å². The van der Waals surface area contributed by atoms with Gasteiger partial charge in [0.05, 0.1) is 18.8 Å². The average molecular weight is 514 g/mol. The number of aliphatic hydroxyl groups excluding tert-OH is 1. The second-order valence-corrected chi connectivity index (χ2v) is 10.2. The molecule has 6 nitrogen and oxygen atoms in total. The molecule has 1 saturated heterocycles. The van der Waals surface area contributed by atoms with Crippen LogP contribution in [0.1, 0.15) is 41.6 Å². The number of nitrogens with zero attached hydrogens (tertiary/aromatic N) is 2. The van der Waals surface area contributed by atoms with E-state index in [1.54, 1.807) is 24.2 Å². The lowest BCUT2D eigenvalue weighted by molar-refractivity contribution is -0.268. The normalized spacial score (nSPS) is 21.6. The molecule has 0 aliphatic carbocycles. The zero-order chi connectivity index (χ0) is 25.6. The summed E-state index contributed by atoms with van der Waals surface area (Å²) < 4.78 is 13.2. The Morgan fingerprint density at radius 1 is 0.838 bits per heavy atom. The number of hydrogen-bond acceptors (Lipinski definition) is 7. The largest absolute Gasteiger partial charge is 0.392 e. The first kappa shape index (κ1) is 25.6. The lowest BCUT2D eigenvalue weighted by atomic mass is 9.91. The standard InChI is InChI=1S/C30H31N3O3S/c1-20-27(19-37-30-32-13-4-14-33-30)35-29(36-28(20)23-11-9-21(18-34)10-12-23)26-8-3-7-25(16-26)24-6-2-5-22(15-24)17-31/h2-16,20,27-29,34H,17-19,31H2,1H3/t20-,27+,28+,29+/m0/s1. The average Bonchev–Trinajstić information content (AvgIpc) is 2.97. The van der Waals surface area contributed by atoms with Gasteiger partial charge in [0.1, 0.15) is 0 Å². The van der Waals surface area contributed by atoms with Crippen molar-refractivity contribution in [2.45, 2.75) is 43.7 Å². The van der Waals surface area contributed by atoms with E-state index in [1.165, 1.54) is 0 Å². The molecule has 1 aromatic heterocycles. The van der Waals surface area contributed by atoms with Crippen molar-refractivity contribution in [1.29, 1.82) is 0 Å². The Bertz CT molecular complexity index is 1300. The summed E-state index contributed by atoms with van der Waals surface area (Å²) in [5.74, 6) is 0.797. The van der Waals surface area contributed by atoms with Crippen LogP contribution in [0.15, 0.2) is 96.4 Å². The van der Waals surface area contributed by atoms with Gasteiger partial charge in [0.15, 0.2) is 11.4 Å². The van der Waals surface area contributed by atoms with E-state index in [-0.39, 0.29) is 24.7 Å². The Balaban J connectivity index is 1.44. The highest BCUT2D eigenvalue weighted by atomic mass is 32.2. The molecule has 0 amide bonds. The third kappa shape index (κ3) is 6.09. The molecule has 2 heterocycles. The van der Waals surface area contributed by atoms with Crippen molar-refractivity contribution in [3.8, 4) is 11.1 Å². The van der Waals surface area contributed by atoms with Gasteiger partial charge in [-0.2, -0.15) is 0 Å². The van der Waals surface area contributed by atoms with Gasteiger partial charge < -0.3 is 20.3 Å². The van der Waals surface area contributed by atoms with Gasteiger partial charge in [0.25, 0.3) is 0 Å². The van der Waals surface area contributed by atoms with Gasteiger partial charge in [-0.25, -0.2) is 9.97 Å². The summed E-state index contributed by atoms with van der Waals surface area (Å²) in [7, 11) is 0. The molecule has 37 heavy (non-hydrogen) atoms. The number of ether oxygens (including phenoxy) is 2. The molecule has 0 bridgehead atoms. The second kappa shape index (κ2) is 12.0. The molecule has 3 aromatic carbocycles. The van der Waals surface area contributed by atoms with E-state index in [9.17, 15) is 5.11 Å². The van der Waals surface area contributed by atoms with Crippen molar-refractivity contribution in [3.05, 3.63) is 114 Å². The highest BCUT2D eigenvalue weighted by Gasteiger charge is 2.38. The fraction of sp³-hybridized carbons (Fsp3) is 0.267. The third-order valence-corrected chi connectivity index (χ3v) is 7.66. The maximum Gasteiger partial charge on any atom is 0.187 e. The van der Waals surface area contributed by atoms with Gasteiger partial charge >= 0.3 is 0 Å². The molecule has 0 radical (unpaired) electrons. The fourth-order valence-corrected chi connectivity index (χ4v) is 5.54. The summed E-state index contributed by atoms with van der Waals surface area (Å²) in [6.07, 6.45) is 2.72. The smallest absolute Gasteiger partial charge is 0.187 e. The lowest BCUT2D eigenvalue weighted by Gasteiger charge is -2.41. The van der Waals surface area contributed by atoms with Crippen molar-refractivity contribution >= 4 is 11.8 Å². The molecule has 7 heteroatoms. The third-order valence-electron chi connectivity index (χ3n) is 6.70. The Labute approximate surface area is 221 Å². The maximum atomic E-state index is 9.48. The van der Waals surface area contributed by atoms with E-state index in [0.29, 0.717) is 12.3 Å². The fourth-order valence-electron chi connectivity index (χ4n) is 4.57. The van der Waals surface area contributed by atoms with E-state index in [0.717, 1.165) is 38.5 Å². The Kier molecular flexibility index (Phi) is 8.28. The predicted octanol–water partition coefficient (Wildman–Crippen LogP) is 5.68. The van der Waals surface area contributed by atoms with Crippen LogP contribution in [0.25, 0.3) is 11.1 Å². The van der Waals surface area contributed by atoms with Crippen molar-refractivity contribution in [2.75, 3.05) is 5.75 Å². The number of nitrogens with two attached hydrogens (primary N) is 1. The van der Waals surface area contributed by atoms with Crippen molar-refractivity contribution < 1.29 is 14.6 Å². The monoisotopic (exact) mass is 513 g/mol. The molecule has 0 spiro atoms. The van der Waals surface area contributed by atoms with E-state index in [1.807, 2.05) is 54.6 Å².